The van der Waals surface area contributed by atoms with Crippen LogP contribution in [-0.2, 0) is 9.47 Å². The normalized spacial score (nSPS) is 15.7. The van der Waals surface area contributed by atoms with Crippen LogP contribution in [0.4, 0.5) is 5.69 Å². The second-order valence-corrected chi connectivity index (χ2v) is 4.16. The number of Topliss-reactive ketones (excluding diaryl/α,β-unsaturated/α-hetero) is 1. The van der Waals surface area contributed by atoms with Crippen molar-refractivity contribution < 1.29 is 19.4 Å². The summed E-state index contributed by atoms with van der Waals surface area (Å²) in [4.78, 5) is 13.8. The van der Waals surface area contributed by atoms with Crippen LogP contribution in [0.3, 0.4) is 0 Å². The van der Waals surface area contributed by atoms with Crippen molar-refractivity contribution >= 4 is 11.5 Å². The molecule has 98 valence electrons. The third-order valence-corrected chi connectivity index (χ3v) is 2.93. The molecule has 0 amide bonds. The van der Waals surface area contributed by atoms with E-state index in [1.54, 1.807) is 12.1 Å². The van der Waals surface area contributed by atoms with Gasteiger partial charge in [0, 0.05) is 32.0 Å². The van der Waals surface area contributed by atoms with Gasteiger partial charge < -0.3 is 19.5 Å². The smallest absolute Gasteiger partial charge is 0.192 e. The Morgan fingerprint density at radius 1 is 1.44 bits per heavy atom. The number of morpholine rings is 1. The van der Waals surface area contributed by atoms with E-state index in [0.29, 0.717) is 18.8 Å². The molecular weight excluding hydrogens is 234 g/mol. The molecule has 1 fully saturated rings. The second kappa shape index (κ2) is 5.84. The van der Waals surface area contributed by atoms with Gasteiger partial charge in [0.25, 0.3) is 0 Å². The minimum atomic E-state index is -0.219. The number of methoxy groups -OCH3 is 1. The molecular formula is C13H17NO4. The molecule has 0 aromatic heterocycles. The number of anilines is 1. The van der Waals surface area contributed by atoms with Gasteiger partial charge in [-0.1, -0.05) is 0 Å². The predicted molar refractivity (Wildman–Crippen MR) is 67.3 cm³/mol. The Morgan fingerprint density at radius 3 is 2.78 bits per heavy atom. The molecule has 1 saturated heterocycles. The molecule has 5 nitrogen and oxygen atoms in total. The molecule has 0 radical (unpaired) electrons. The van der Waals surface area contributed by atoms with Crippen LogP contribution in [0.5, 0.6) is 5.75 Å². The highest BCUT2D eigenvalue weighted by atomic mass is 16.5. The quantitative estimate of drug-likeness (QED) is 0.811. The van der Waals surface area contributed by atoms with E-state index in [1.807, 2.05) is 6.07 Å². The number of carbonyl (C=O) groups is 1. The fourth-order valence-electron chi connectivity index (χ4n) is 1.98. The summed E-state index contributed by atoms with van der Waals surface area (Å²) >= 11 is 0. The predicted octanol–water partition coefficient (Wildman–Crippen LogP) is 1.06. The summed E-state index contributed by atoms with van der Waals surface area (Å²) in [5.74, 6) is -0.218. The average Bonchev–Trinajstić information content (AvgIpc) is 2.40. The Morgan fingerprint density at radius 2 is 2.17 bits per heavy atom. The number of phenolic OH excluding ortho intramolecular Hbond substituents is 1. The third-order valence-electron chi connectivity index (χ3n) is 2.93. The van der Waals surface area contributed by atoms with E-state index in [2.05, 4.69) is 4.90 Å². The standard InChI is InChI=1S/C13H17NO4/c1-17-9-13(16)11-3-2-10(8-12(11)15)14-4-6-18-7-5-14/h2-3,8,15H,4-7,9H2,1H3. The van der Waals surface area contributed by atoms with Gasteiger partial charge in [0.2, 0.25) is 0 Å². The molecule has 1 heterocycles. The maximum absolute atomic E-state index is 11.6. The van der Waals surface area contributed by atoms with Gasteiger partial charge in [0.15, 0.2) is 5.78 Å². The van der Waals surface area contributed by atoms with Crippen LogP contribution in [0.25, 0.3) is 0 Å². The lowest BCUT2D eigenvalue weighted by Gasteiger charge is -2.29. The maximum Gasteiger partial charge on any atom is 0.192 e. The minimum absolute atomic E-state index is 0.000965. The third kappa shape index (κ3) is 2.80. The summed E-state index contributed by atoms with van der Waals surface area (Å²) in [6.45, 7) is 2.94. The maximum atomic E-state index is 11.6. The van der Waals surface area contributed by atoms with Crippen molar-refractivity contribution in [3.63, 3.8) is 0 Å². The second-order valence-electron chi connectivity index (χ2n) is 4.16. The number of ketones is 1. The number of ether oxygens (including phenoxy) is 2. The van der Waals surface area contributed by atoms with Crippen molar-refractivity contribution in [2.75, 3.05) is 44.9 Å². The van der Waals surface area contributed by atoms with Gasteiger partial charge >= 0.3 is 0 Å². The first-order valence-corrected chi connectivity index (χ1v) is 5.90. The summed E-state index contributed by atoms with van der Waals surface area (Å²) in [7, 11) is 1.46. The summed E-state index contributed by atoms with van der Waals surface area (Å²) in [6, 6.07) is 5.10. The van der Waals surface area contributed by atoms with Gasteiger partial charge in [-0.25, -0.2) is 0 Å². The zero-order valence-corrected chi connectivity index (χ0v) is 10.4. The first-order valence-electron chi connectivity index (χ1n) is 5.90. The van der Waals surface area contributed by atoms with E-state index in [1.165, 1.54) is 7.11 Å². The Labute approximate surface area is 106 Å². The van der Waals surface area contributed by atoms with Crippen LogP contribution in [-0.4, -0.2) is 50.9 Å². The molecule has 1 N–H and O–H groups in total. The monoisotopic (exact) mass is 251 g/mol. The van der Waals surface area contributed by atoms with Gasteiger partial charge in [0.1, 0.15) is 12.4 Å². The highest BCUT2D eigenvalue weighted by molar-refractivity contribution is 5.99. The summed E-state index contributed by atoms with van der Waals surface area (Å²) in [5, 5.41) is 9.88. The first kappa shape index (κ1) is 12.9. The SMILES string of the molecule is COCC(=O)c1ccc(N2CCOCC2)cc1O. The van der Waals surface area contributed by atoms with Crippen molar-refractivity contribution in [2.24, 2.45) is 0 Å². The van der Waals surface area contributed by atoms with E-state index in [0.717, 1.165) is 18.8 Å². The van der Waals surface area contributed by atoms with Gasteiger partial charge in [-0.15, -0.1) is 0 Å². The Kier molecular flexibility index (Phi) is 4.17. The van der Waals surface area contributed by atoms with Crippen molar-refractivity contribution in [1.82, 2.24) is 0 Å². The number of aromatic hydroxyl groups is 1. The topological polar surface area (TPSA) is 59.0 Å². The van der Waals surface area contributed by atoms with Crippen LogP contribution in [0.15, 0.2) is 18.2 Å². The molecule has 0 unspecified atom stereocenters. The zero-order valence-electron chi connectivity index (χ0n) is 10.4. The van der Waals surface area contributed by atoms with Crippen LogP contribution >= 0.6 is 0 Å². The van der Waals surface area contributed by atoms with Gasteiger partial charge in [-0.05, 0) is 12.1 Å². The fraction of sp³-hybridized carbons (Fsp3) is 0.462. The van der Waals surface area contributed by atoms with Gasteiger partial charge in [-0.3, -0.25) is 4.79 Å². The summed E-state index contributed by atoms with van der Waals surface area (Å²) in [5.41, 5.74) is 1.21. The number of rotatable bonds is 4. The van der Waals surface area contributed by atoms with Crippen molar-refractivity contribution in [3.8, 4) is 5.75 Å². The average molecular weight is 251 g/mol. The molecule has 5 heteroatoms. The molecule has 2 rings (SSSR count). The van der Waals surface area contributed by atoms with Crippen LogP contribution in [0, 0.1) is 0 Å². The highest BCUT2D eigenvalue weighted by Crippen LogP contribution is 2.25. The fourth-order valence-corrected chi connectivity index (χ4v) is 1.98. The van der Waals surface area contributed by atoms with E-state index >= 15 is 0 Å². The molecule has 0 spiro atoms. The molecule has 18 heavy (non-hydrogen) atoms. The molecule has 0 bridgehead atoms. The van der Waals surface area contributed by atoms with E-state index < -0.39 is 0 Å². The molecule has 0 saturated carbocycles. The number of phenols is 1. The lowest BCUT2D eigenvalue weighted by molar-refractivity contribution is 0.0845. The lowest BCUT2D eigenvalue weighted by atomic mass is 10.1. The largest absolute Gasteiger partial charge is 0.507 e. The minimum Gasteiger partial charge on any atom is -0.507 e. The molecule has 1 aliphatic heterocycles. The van der Waals surface area contributed by atoms with Crippen molar-refractivity contribution in [1.29, 1.82) is 0 Å². The van der Waals surface area contributed by atoms with Crippen LogP contribution in [0.2, 0.25) is 0 Å². The summed E-state index contributed by atoms with van der Waals surface area (Å²) < 4.78 is 10.0. The van der Waals surface area contributed by atoms with Crippen LogP contribution < -0.4 is 4.90 Å². The van der Waals surface area contributed by atoms with Crippen molar-refractivity contribution in [3.05, 3.63) is 23.8 Å². The van der Waals surface area contributed by atoms with E-state index in [4.69, 9.17) is 9.47 Å². The molecule has 1 aromatic rings. The van der Waals surface area contributed by atoms with Gasteiger partial charge in [0.05, 0.1) is 18.8 Å². The van der Waals surface area contributed by atoms with Gasteiger partial charge in [-0.2, -0.15) is 0 Å². The highest BCUT2D eigenvalue weighted by Gasteiger charge is 2.15. The van der Waals surface area contributed by atoms with Crippen molar-refractivity contribution in [2.45, 2.75) is 0 Å². The first-order chi connectivity index (χ1) is 8.72. The lowest BCUT2D eigenvalue weighted by Crippen LogP contribution is -2.36. The van der Waals surface area contributed by atoms with E-state index in [9.17, 15) is 9.90 Å². The Balaban J connectivity index is 2.16. The Bertz CT molecular complexity index is 427. The molecule has 1 aliphatic rings. The number of hydrogen-bond donors (Lipinski definition) is 1. The number of carbonyl (C=O) groups excluding carboxylic acids is 1. The Hall–Kier alpha value is -1.59. The van der Waals surface area contributed by atoms with Crippen LogP contribution in [0.1, 0.15) is 10.4 Å². The molecule has 0 aliphatic carbocycles. The zero-order chi connectivity index (χ0) is 13.0. The molecule has 0 atom stereocenters. The summed E-state index contributed by atoms with van der Waals surface area (Å²) in [6.07, 6.45) is 0. The molecule has 1 aromatic carbocycles. The number of nitrogens with zero attached hydrogens (tertiary/aromatic N) is 1. The van der Waals surface area contributed by atoms with E-state index in [-0.39, 0.29) is 18.1 Å². The number of hydrogen-bond acceptors (Lipinski definition) is 5. The number of benzene rings is 1.